The Hall–Kier alpha value is -2.06. The van der Waals surface area contributed by atoms with Crippen LogP contribution in [-0.4, -0.2) is 67.6 Å². The number of hydrogen-bond donors (Lipinski definition) is 2. The molecule has 0 spiro atoms. The van der Waals surface area contributed by atoms with Gasteiger partial charge in [0.1, 0.15) is 0 Å². The number of hydrogen-bond acceptors (Lipinski definition) is 3. The molecule has 0 radical (unpaired) electrons. The average molecular weight is 419 g/mol. The number of para-hydroxylation sites is 1. The van der Waals surface area contributed by atoms with Gasteiger partial charge in [0.2, 0.25) is 10.0 Å². The molecule has 0 bridgehead atoms. The number of rotatable bonds is 4. The maximum absolute atomic E-state index is 12.6. The zero-order chi connectivity index (χ0) is 20.4. The van der Waals surface area contributed by atoms with Crippen LogP contribution in [0.2, 0.25) is 0 Å². The standard InChI is InChI=1S/C21H30N4O3S/c1-29(27,28)25-12-6-16(7-13-25)14-23-21(26)24-10-8-17(9-11-24)19-15-22-20-5-3-2-4-18(19)20/h2-5,15-17,22H,6-14H2,1H3,(H,23,26). The van der Waals surface area contributed by atoms with Crippen molar-refractivity contribution in [2.24, 2.45) is 5.92 Å². The number of nitrogens with one attached hydrogen (secondary N) is 2. The van der Waals surface area contributed by atoms with Gasteiger partial charge in [0, 0.05) is 49.8 Å². The SMILES string of the molecule is CS(=O)(=O)N1CCC(CNC(=O)N2CCC(c3c[nH]c4ccccc34)CC2)CC1. The maximum Gasteiger partial charge on any atom is 0.317 e. The van der Waals surface area contributed by atoms with Gasteiger partial charge in [0.05, 0.1) is 6.26 Å². The van der Waals surface area contributed by atoms with Crippen LogP contribution < -0.4 is 5.32 Å². The van der Waals surface area contributed by atoms with Crippen molar-refractivity contribution < 1.29 is 13.2 Å². The van der Waals surface area contributed by atoms with E-state index in [1.807, 2.05) is 11.0 Å². The Kier molecular flexibility index (Phi) is 5.83. The molecule has 3 heterocycles. The Balaban J connectivity index is 1.24. The van der Waals surface area contributed by atoms with Crippen LogP contribution in [-0.2, 0) is 10.0 Å². The van der Waals surface area contributed by atoms with Gasteiger partial charge < -0.3 is 15.2 Å². The first-order valence-electron chi connectivity index (χ1n) is 10.5. The van der Waals surface area contributed by atoms with Crippen molar-refractivity contribution in [3.8, 4) is 0 Å². The van der Waals surface area contributed by atoms with E-state index in [1.165, 1.54) is 27.0 Å². The molecule has 0 atom stereocenters. The molecule has 2 amide bonds. The predicted molar refractivity (Wildman–Crippen MR) is 114 cm³/mol. The van der Waals surface area contributed by atoms with Crippen LogP contribution in [0.3, 0.4) is 0 Å². The first kappa shape index (κ1) is 20.2. The van der Waals surface area contributed by atoms with Gasteiger partial charge in [-0.3, -0.25) is 0 Å². The average Bonchev–Trinajstić information content (AvgIpc) is 3.16. The molecule has 1 aromatic heterocycles. The number of likely N-dealkylation sites (tertiary alicyclic amines) is 1. The quantitative estimate of drug-likeness (QED) is 0.801. The van der Waals surface area contributed by atoms with Crippen LogP contribution in [0.25, 0.3) is 10.9 Å². The third-order valence-corrected chi connectivity index (χ3v) is 7.73. The topological polar surface area (TPSA) is 85.5 Å². The summed E-state index contributed by atoms with van der Waals surface area (Å²) in [5, 5.41) is 4.36. The summed E-state index contributed by atoms with van der Waals surface area (Å²) in [6.45, 7) is 3.26. The first-order valence-corrected chi connectivity index (χ1v) is 12.3. The highest BCUT2D eigenvalue weighted by Gasteiger charge is 2.27. The lowest BCUT2D eigenvalue weighted by Gasteiger charge is -2.33. The maximum atomic E-state index is 12.6. The summed E-state index contributed by atoms with van der Waals surface area (Å²) < 4.78 is 24.7. The van der Waals surface area contributed by atoms with Crippen LogP contribution >= 0.6 is 0 Å². The summed E-state index contributed by atoms with van der Waals surface area (Å²) in [4.78, 5) is 17.8. The molecule has 0 saturated carbocycles. The number of piperidine rings is 2. The lowest BCUT2D eigenvalue weighted by atomic mass is 9.89. The van der Waals surface area contributed by atoms with Crippen LogP contribution in [0, 0.1) is 5.92 Å². The predicted octanol–water partition coefficient (Wildman–Crippen LogP) is 2.73. The highest BCUT2D eigenvalue weighted by Crippen LogP contribution is 2.33. The zero-order valence-corrected chi connectivity index (χ0v) is 17.7. The number of H-pyrrole nitrogens is 1. The smallest absolute Gasteiger partial charge is 0.317 e. The highest BCUT2D eigenvalue weighted by atomic mass is 32.2. The van der Waals surface area contributed by atoms with Gasteiger partial charge in [-0.25, -0.2) is 17.5 Å². The second kappa shape index (κ2) is 8.36. The van der Waals surface area contributed by atoms with Gasteiger partial charge in [-0.15, -0.1) is 0 Å². The van der Waals surface area contributed by atoms with E-state index in [4.69, 9.17) is 0 Å². The van der Waals surface area contributed by atoms with Crippen LogP contribution in [0.15, 0.2) is 30.5 Å². The van der Waals surface area contributed by atoms with E-state index in [2.05, 4.69) is 34.7 Å². The fourth-order valence-corrected chi connectivity index (χ4v) is 5.49. The third kappa shape index (κ3) is 4.59. The molecule has 2 aliphatic heterocycles. The molecule has 1 aromatic carbocycles. The minimum absolute atomic E-state index is 0.00733. The highest BCUT2D eigenvalue weighted by molar-refractivity contribution is 7.88. The molecule has 0 aliphatic carbocycles. The van der Waals surface area contributed by atoms with Gasteiger partial charge >= 0.3 is 6.03 Å². The Morgan fingerprint density at radius 2 is 1.79 bits per heavy atom. The van der Waals surface area contributed by atoms with Crippen molar-refractivity contribution in [3.05, 3.63) is 36.0 Å². The van der Waals surface area contributed by atoms with Gasteiger partial charge in [0.15, 0.2) is 0 Å². The number of benzene rings is 1. The van der Waals surface area contributed by atoms with Crippen molar-refractivity contribution in [2.75, 3.05) is 39.0 Å². The minimum Gasteiger partial charge on any atom is -0.361 e. The van der Waals surface area contributed by atoms with Crippen molar-refractivity contribution >= 4 is 27.0 Å². The van der Waals surface area contributed by atoms with E-state index in [1.54, 1.807) is 0 Å². The Bertz CT molecular complexity index is 955. The van der Waals surface area contributed by atoms with Crippen LogP contribution in [0.4, 0.5) is 4.79 Å². The van der Waals surface area contributed by atoms with Gasteiger partial charge in [-0.1, -0.05) is 18.2 Å². The van der Waals surface area contributed by atoms with Gasteiger partial charge in [0.25, 0.3) is 0 Å². The molecule has 4 rings (SSSR count). The fraction of sp³-hybridized carbons (Fsp3) is 0.571. The molecule has 2 aliphatic rings. The Labute approximate surface area is 172 Å². The fourth-order valence-electron chi connectivity index (χ4n) is 4.61. The number of carbonyl (C=O) groups is 1. The second-order valence-electron chi connectivity index (χ2n) is 8.34. The Morgan fingerprint density at radius 1 is 1.10 bits per heavy atom. The van der Waals surface area contributed by atoms with Crippen molar-refractivity contribution in [1.82, 2.24) is 19.5 Å². The molecule has 8 heteroatoms. The van der Waals surface area contributed by atoms with Gasteiger partial charge in [-0.2, -0.15) is 0 Å². The first-order chi connectivity index (χ1) is 13.9. The van der Waals surface area contributed by atoms with E-state index in [0.717, 1.165) is 38.8 Å². The number of fused-ring (bicyclic) bond motifs is 1. The van der Waals surface area contributed by atoms with E-state index >= 15 is 0 Å². The number of carbonyl (C=O) groups excluding carboxylic acids is 1. The summed E-state index contributed by atoms with van der Waals surface area (Å²) in [5.74, 6) is 0.830. The molecule has 2 aromatic rings. The number of amides is 2. The van der Waals surface area contributed by atoms with Crippen molar-refractivity contribution in [1.29, 1.82) is 0 Å². The van der Waals surface area contributed by atoms with Crippen molar-refractivity contribution in [2.45, 2.75) is 31.6 Å². The molecule has 158 valence electrons. The summed E-state index contributed by atoms with van der Waals surface area (Å²) in [6.07, 6.45) is 6.93. The normalized spacial score (nSPS) is 20.2. The molecule has 0 unspecified atom stereocenters. The number of sulfonamides is 1. The number of aromatic nitrogens is 1. The lowest BCUT2D eigenvalue weighted by Crippen LogP contribution is -2.47. The monoisotopic (exact) mass is 418 g/mol. The second-order valence-corrected chi connectivity index (χ2v) is 10.3. The molecule has 2 saturated heterocycles. The molecule has 29 heavy (non-hydrogen) atoms. The number of aromatic amines is 1. The summed E-state index contributed by atoms with van der Waals surface area (Å²) in [5.41, 5.74) is 2.53. The van der Waals surface area contributed by atoms with Gasteiger partial charge in [-0.05, 0) is 49.1 Å². The third-order valence-electron chi connectivity index (χ3n) is 6.43. The molecular formula is C21H30N4O3S. The number of nitrogens with zero attached hydrogens (tertiary/aromatic N) is 2. The summed E-state index contributed by atoms with van der Waals surface area (Å²) in [7, 11) is -3.10. The lowest BCUT2D eigenvalue weighted by molar-refractivity contribution is 0.177. The molecule has 7 nitrogen and oxygen atoms in total. The Morgan fingerprint density at radius 3 is 2.48 bits per heavy atom. The van der Waals surface area contributed by atoms with Crippen LogP contribution in [0.1, 0.15) is 37.2 Å². The number of urea groups is 1. The summed E-state index contributed by atoms with van der Waals surface area (Å²) >= 11 is 0. The summed E-state index contributed by atoms with van der Waals surface area (Å²) in [6, 6.07) is 8.38. The van der Waals surface area contributed by atoms with Crippen molar-refractivity contribution in [3.63, 3.8) is 0 Å². The van der Waals surface area contributed by atoms with E-state index in [0.29, 0.717) is 31.5 Å². The minimum atomic E-state index is -3.10. The van der Waals surface area contributed by atoms with E-state index < -0.39 is 10.0 Å². The van der Waals surface area contributed by atoms with E-state index in [-0.39, 0.29) is 6.03 Å². The molecule has 2 N–H and O–H groups in total. The molecule has 2 fully saturated rings. The van der Waals surface area contributed by atoms with E-state index in [9.17, 15) is 13.2 Å². The zero-order valence-electron chi connectivity index (χ0n) is 16.9. The molecular weight excluding hydrogens is 388 g/mol. The van der Waals surface area contributed by atoms with Crippen LogP contribution in [0.5, 0.6) is 0 Å². The largest absolute Gasteiger partial charge is 0.361 e.